The zero-order valence-corrected chi connectivity index (χ0v) is 25.4. The SMILES string of the molecule is C=C(/C=C\C(=C/C)OC)[C@H](NC(=O)[C@H](COC(F)(F)F)NC(=O)C(F)(F)c1cccc(Cl)c1)C(=O)N[C@H](C(=O)C(F)(F)F)C(C)C. The van der Waals surface area contributed by atoms with E-state index >= 15 is 0 Å². The van der Waals surface area contributed by atoms with Crippen molar-refractivity contribution in [3.05, 3.63) is 71.0 Å². The fourth-order valence-electron chi connectivity index (χ4n) is 3.51. The maximum absolute atomic E-state index is 14.9. The first-order valence-corrected chi connectivity index (χ1v) is 13.4. The number of hydrogen-bond acceptors (Lipinski definition) is 6. The van der Waals surface area contributed by atoms with E-state index in [2.05, 4.69) is 11.3 Å². The average molecular weight is 692 g/mol. The maximum atomic E-state index is 14.9. The summed E-state index contributed by atoms with van der Waals surface area (Å²) in [7, 11) is 1.25. The fourth-order valence-corrected chi connectivity index (χ4v) is 3.70. The highest BCUT2D eigenvalue weighted by molar-refractivity contribution is 6.30. The number of ketones is 1. The number of benzene rings is 1. The number of ether oxygens (including phenoxy) is 2. The summed E-state index contributed by atoms with van der Waals surface area (Å²) in [6.07, 6.45) is -7.17. The molecule has 3 amide bonds. The normalized spacial score (nSPS) is 14.8. The summed E-state index contributed by atoms with van der Waals surface area (Å²) >= 11 is 5.67. The summed E-state index contributed by atoms with van der Waals surface area (Å²) < 4.78 is 116. The van der Waals surface area contributed by atoms with Gasteiger partial charge < -0.3 is 20.7 Å². The molecule has 0 aromatic heterocycles. The maximum Gasteiger partial charge on any atom is 0.522 e. The minimum absolute atomic E-state index is 0.158. The third-order valence-electron chi connectivity index (χ3n) is 5.94. The molecule has 0 unspecified atom stereocenters. The molecule has 0 saturated carbocycles. The number of nitrogens with one attached hydrogen (secondary N) is 3. The Kier molecular flexibility index (Phi) is 14.4. The molecule has 0 aliphatic carbocycles. The molecule has 0 fully saturated rings. The van der Waals surface area contributed by atoms with Crippen LogP contribution in [-0.4, -0.2) is 67.9 Å². The third kappa shape index (κ3) is 12.1. The first kappa shape index (κ1) is 40.0. The number of amides is 3. The Labute approximate surface area is 263 Å². The number of rotatable bonds is 15. The molecule has 0 saturated heterocycles. The van der Waals surface area contributed by atoms with Crippen LogP contribution in [-0.2, 0) is 34.6 Å². The smallest absolute Gasteiger partial charge is 0.497 e. The van der Waals surface area contributed by atoms with Crippen molar-refractivity contribution in [2.45, 2.75) is 57.4 Å². The number of halogens is 9. The summed E-state index contributed by atoms with van der Waals surface area (Å²) in [5, 5.41) is 4.87. The molecule has 46 heavy (non-hydrogen) atoms. The first-order chi connectivity index (χ1) is 21.0. The summed E-state index contributed by atoms with van der Waals surface area (Å²) in [4.78, 5) is 50.8. The molecular weight excluding hydrogens is 662 g/mol. The van der Waals surface area contributed by atoms with Gasteiger partial charge in [0.15, 0.2) is 0 Å². The number of allylic oxidation sites excluding steroid dienone is 2. The van der Waals surface area contributed by atoms with Crippen LogP contribution in [0.2, 0.25) is 5.02 Å². The molecule has 256 valence electrons. The zero-order valence-electron chi connectivity index (χ0n) is 24.6. The van der Waals surface area contributed by atoms with Crippen LogP contribution in [0.4, 0.5) is 35.1 Å². The minimum Gasteiger partial charge on any atom is -0.497 e. The predicted molar refractivity (Wildman–Crippen MR) is 148 cm³/mol. The van der Waals surface area contributed by atoms with Gasteiger partial charge in [-0.2, -0.15) is 22.0 Å². The second kappa shape index (κ2) is 16.5. The lowest BCUT2D eigenvalue weighted by Gasteiger charge is -2.28. The third-order valence-corrected chi connectivity index (χ3v) is 6.17. The molecule has 0 aliphatic rings. The van der Waals surface area contributed by atoms with E-state index in [4.69, 9.17) is 16.3 Å². The molecule has 3 N–H and O–H groups in total. The molecule has 18 heteroatoms. The number of hydrogen-bond donors (Lipinski definition) is 3. The summed E-state index contributed by atoms with van der Waals surface area (Å²) in [6, 6.07) is -3.17. The highest BCUT2D eigenvalue weighted by Gasteiger charge is 2.46. The van der Waals surface area contributed by atoms with Crippen LogP contribution in [0.3, 0.4) is 0 Å². The van der Waals surface area contributed by atoms with Gasteiger partial charge >= 0.3 is 18.5 Å². The van der Waals surface area contributed by atoms with E-state index in [1.54, 1.807) is 0 Å². The molecule has 0 bridgehead atoms. The van der Waals surface area contributed by atoms with Gasteiger partial charge in [0, 0.05) is 10.6 Å². The number of Topliss-reactive ketones (excluding diaryl/α,β-unsaturated/α-hetero) is 1. The monoisotopic (exact) mass is 691 g/mol. The topological polar surface area (TPSA) is 123 Å². The fraction of sp³-hybridized carbons (Fsp3) is 0.429. The number of carbonyl (C=O) groups excluding carboxylic acids is 4. The van der Waals surface area contributed by atoms with Crippen molar-refractivity contribution in [2.75, 3.05) is 13.7 Å². The van der Waals surface area contributed by atoms with Gasteiger partial charge in [0.1, 0.15) is 17.8 Å². The van der Waals surface area contributed by atoms with Crippen LogP contribution >= 0.6 is 11.6 Å². The van der Waals surface area contributed by atoms with Crippen molar-refractivity contribution in [1.82, 2.24) is 16.0 Å². The highest BCUT2D eigenvalue weighted by atomic mass is 35.5. The number of carbonyl (C=O) groups is 4. The molecule has 0 heterocycles. The molecule has 3 atom stereocenters. The van der Waals surface area contributed by atoms with Crippen LogP contribution in [0.15, 0.2) is 60.4 Å². The first-order valence-electron chi connectivity index (χ1n) is 13.0. The van der Waals surface area contributed by atoms with Crippen molar-refractivity contribution >= 4 is 35.1 Å². The van der Waals surface area contributed by atoms with Crippen LogP contribution in [0.1, 0.15) is 26.3 Å². The van der Waals surface area contributed by atoms with Gasteiger partial charge in [-0.15, -0.1) is 13.2 Å². The molecule has 0 radical (unpaired) electrons. The van der Waals surface area contributed by atoms with Crippen molar-refractivity contribution in [1.29, 1.82) is 0 Å². The van der Waals surface area contributed by atoms with E-state index in [0.29, 0.717) is 6.07 Å². The van der Waals surface area contributed by atoms with Crippen LogP contribution < -0.4 is 16.0 Å². The highest BCUT2D eigenvalue weighted by Crippen LogP contribution is 2.30. The number of methoxy groups -OCH3 is 1. The Balaban J connectivity index is 3.51. The van der Waals surface area contributed by atoms with E-state index in [9.17, 15) is 54.3 Å². The van der Waals surface area contributed by atoms with Gasteiger partial charge in [0.25, 0.3) is 11.7 Å². The summed E-state index contributed by atoms with van der Waals surface area (Å²) in [5.74, 6) is -13.3. The molecule has 0 aliphatic heterocycles. The lowest BCUT2D eigenvalue weighted by Crippen LogP contribution is -2.59. The second-order valence-electron chi connectivity index (χ2n) is 9.70. The largest absolute Gasteiger partial charge is 0.522 e. The standard InChI is InChI=1S/C28H30ClF8N3O6/c1-6-18(45-5)11-10-15(4)21(24(43)39-20(14(2)3)22(41)27(32,33)34)40-23(42)19(13-46-28(35,36)37)38-25(44)26(30,31)16-8-7-9-17(29)12-16/h6-12,14,19-21H,4,13H2,1-3,5H3,(H,38,44)(H,39,43)(H,40,42)/b11-10-,18-6+/t19-,20-,21-/m0/s1. The Bertz CT molecular complexity index is 1340. The van der Waals surface area contributed by atoms with Crippen molar-refractivity contribution in [3.8, 4) is 0 Å². The van der Waals surface area contributed by atoms with E-state index in [-0.39, 0.29) is 10.8 Å². The quantitative estimate of drug-likeness (QED) is 0.137. The molecule has 9 nitrogen and oxygen atoms in total. The minimum atomic E-state index is -5.42. The van der Waals surface area contributed by atoms with E-state index < -0.39 is 83.8 Å². The van der Waals surface area contributed by atoms with Gasteiger partial charge in [0.05, 0.1) is 19.8 Å². The molecular formula is C28H30ClF8N3O6. The summed E-state index contributed by atoms with van der Waals surface area (Å²) in [5.41, 5.74) is -1.41. The molecule has 1 aromatic rings. The molecule has 1 aromatic carbocycles. The van der Waals surface area contributed by atoms with Crippen molar-refractivity contribution in [2.24, 2.45) is 5.92 Å². The Morgan fingerprint density at radius 1 is 0.957 bits per heavy atom. The van der Waals surface area contributed by atoms with Gasteiger partial charge in [-0.3, -0.25) is 23.9 Å². The van der Waals surface area contributed by atoms with Gasteiger partial charge in [-0.05, 0) is 42.7 Å². The van der Waals surface area contributed by atoms with E-state index in [0.717, 1.165) is 32.1 Å². The van der Waals surface area contributed by atoms with Gasteiger partial charge in [-0.25, -0.2) is 0 Å². The number of alkyl halides is 8. The lowest BCUT2D eigenvalue weighted by atomic mass is 9.98. The Hall–Kier alpha value is -3.99. The van der Waals surface area contributed by atoms with Gasteiger partial charge in [0.2, 0.25) is 11.8 Å². The van der Waals surface area contributed by atoms with E-state index in [1.165, 1.54) is 37.6 Å². The summed E-state index contributed by atoms with van der Waals surface area (Å²) in [6.45, 7) is 5.59. The Morgan fingerprint density at radius 2 is 1.57 bits per heavy atom. The second-order valence-corrected chi connectivity index (χ2v) is 10.1. The Morgan fingerprint density at radius 3 is 2.04 bits per heavy atom. The van der Waals surface area contributed by atoms with Crippen molar-refractivity contribution < 1.29 is 63.8 Å². The van der Waals surface area contributed by atoms with Gasteiger partial charge in [-0.1, -0.05) is 50.2 Å². The average Bonchev–Trinajstić information content (AvgIpc) is 2.95. The lowest BCUT2D eigenvalue weighted by molar-refractivity contribution is -0.325. The zero-order chi connectivity index (χ0) is 35.6. The van der Waals surface area contributed by atoms with Crippen LogP contribution in [0.25, 0.3) is 0 Å². The molecule has 1 rings (SSSR count). The van der Waals surface area contributed by atoms with Crippen LogP contribution in [0, 0.1) is 5.92 Å². The van der Waals surface area contributed by atoms with E-state index in [1.807, 2.05) is 10.6 Å². The van der Waals surface area contributed by atoms with Crippen LogP contribution in [0.5, 0.6) is 0 Å². The molecule has 0 spiro atoms. The predicted octanol–water partition coefficient (Wildman–Crippen LogP) is 4.87. The van der Waals surface area contributed by atoms with Crippen molar-refractivity contribution in [3.63, 3.8) is 0 Å².